The molecule has 0 bridgehead atoms. The van der Waals surface area contributed by atoms with Crippen molar-refractivity contribution in [1.29, 1.82) is 0 Å². The monoisotopic (exact) mass is 481 g/mol. The van der Waals surface area contributed by atoms with Gasteiger partial charge < -0.3 is 14.3 Å². The molecule has 1 aliphatic carbocycles. The maximum absolute atomic E-state index is 12.7. The Morgan fingerprint density at radius 2 is 1.73 bits per heavy atom. The number of ether oxygens (including phenoxy) is 1. The highest BCUT2D eigenvalue weighted by Crippen LogP contribution is 2.44. The summed E-state index contributed by atoms with van der Waals surface area (Å²) in [6.45, 7) is 22.8. The second-order valence-corrected chi connectivity index (χ2v) is 17.8. The van der Waals surface area contributed by atoms with Gasteiger partial charge in [-0.25, -0.2) is 0 Å². The fraction of sp³-hybridized carbons (Fsp3) is 0.889. The van der Waals surface area contributed by atoms with Crippen molar-refractivity contribution in [2.24, 2.45) is 11.8 Å². The highest BCUT2D eigenvalue weighted by molar-refractivity contribution is 6.74. The fourth-order valence-electron chi connectivity index (χ4n) is 5.98. The number of aliphatic hydroxyl groups excluding tert-OH is 1. The van der Waals surface area contributed by atoms with E-state index in [2.05, 4.69) is 85.5 Å². The van der Waals surface area contributed by atoms with Gasteiger partial charge in [-0.1, -0.05) is 39.8 Å². The van der Waals surface area contributed by atoms with E-state index in [1.165, 1.54) is 26.4 Å². The van der Waals surface area contributed by atoms with E-state index in [-0.39, 0.29) is 40.1 Å². The molecule has 1 N–H and O–H groups in total. The van der Waals surface area contributed by atoms with E-state index in [4.69, 9.17) is 9.16 Å². The van der Waals surface area contributed by atoms with Gasteiger partial charge in [-0.3, -0.25) is 9.69 Å². The lowest BCUT2D eigenvalue weighted by molar-refractivity contribution is -0.149. The average Bonchev–Trinajstić information content (AvgIpc) is 2.95. The normalized spacial score (nSPS) is 31.6. The number of hydrogen-bond acceptors (Lipinski definition) is 5. The third-order valence-corrected chi connectivity index (χ3v) is 13.1. The zero-order valence-corrected chi connectivity index (χ0v) is 24.2. The average molecular weight is 482 g/mol. The topological polar surface area (TPSA) is 59.0 Å². The third-order valence-electron chi connectivity index (χ3n) is 8.64. The number of likely N-dealkylation sites (tertiary alicyclic amines) is 1. The van der Waals surface area contributed by atoms with Crippen LogP contribution in [0.4, 0.5) is 0 Å². The second kappa shape index (κ2) is 10.1. The molecule has 192 valence electrons. The third kappa shape index (κ3) is 6.12. The number of methoxy groups -OCH3 is 1. The van der Waals surface area contributed by atoms with Crippen LogP contribution in [0.1, 0.15) is 87.5 Å². The van der Waals surface area contributed by atoms with Crippen molar-refractivity contribution in [2.45, 2.75) is 135 Å². The Morgan fingerprint density at radius 3 is 2.18 bits per heavy atom. The lowest BCUT2D eigenvalue weighted by Gasteiger charge is -2.56. The van der Waals surface area contributed by atoms with Gasteiger partial charge in [0.15, 0.2) is 8.32 Å². The molecular formula is C27H51NO4Si. The molecule has 2 fully saturated rings. The highest BCUT2D eigenvalue weighted by atomic mass is 28.4. The number of nitrogens with zero attached hydrogens (tertiary/aromatic N) is 1. The fourth-order valence-corrected chi connectivity index (χ4v) is 7.34. The van der Waals surface area contributed by atoms with Crippen molar-refractivity contribution in [1.82, 2.24) is 4.90 Å². The van der Waals surface area contributed by atoms with Crippen LogP contribution in [-0.2, 0) is 14.0 Å². The predicted molar refractivity (Wildman–Crippen MR) is 139 cm³/mol. The van der Waals surface area contributed by atoms with Crippen LogP contribution >= 0.6 is 0 Å². The van der Waals surface area contributed by atoms with Crippen LogP contribution in [0.5, 0.6) is 0 Å². The summed E-state index contributed by atoms with van der Waals surface area (Å²) in [4.78, 5) is 15.4. The van der Waals surface area contributed by atoms with Crippen molar-refractivity contribution in [3.8, 4) is 0 Å². The maximum Gasteiger partial charge on any atom is 0.311 e. The molecule has 1 saturated carbocycles. The van der Waals surface area contributed by atoms with Crippen molar-refractivity contribution < 1.29 is 19.1 Å². The smallest absolute Gasteiger partial charge is 0.311 e. The molecule has 0 spiro atoms. The van der Waals surface area contributed by atoms with E-state index in [0.717, 1.165) is 6.42 Å². The van der Waals surface area contributed by atoms with Gasteiger partial charge in [0.25, 0.3) is 0 Å². The van der Waals surface area contributed by atoms with E-state index < -0.39 is 20.3 Å². The van der Waals surface area contributed by atoms with E-state index in [1.54, 1.807) is 0 Å². The molecule has 1 unspecified atom stereocenters. The summed E-state index contributed by atoms with van der Waals surface area (Å²) >= 11 is 0. The molecule has 0 amide bonds. The van der Waals surface area contributed by atoms with Crippen LogP contribution in [0.25, 0.3) is 0 Å². The largest absolute Gasteiger partial charge is 0.469 e. The Labute approximate surface area is 204 Å². The van der Waals surface area contributed by atoms with Crippen LogP contribution in [0.15, 0.2) is 12.2 Å². The van der Waals surface area contributed by atoms with Crippen molar-refractivity contribution in [2.75, 3.05) is 7.11 Å². The minimum absolute atomic E-state index is 0.0589. The van der Waals surface area contributed by atoms with Crippen LogP contribution in [0, 0.1) is 11.8 Å². The molecule has 1 heterocycles. The van der Waals surface area contributed by atoms with Crippen LogP contribution in [-0.4, -0.2) is 60.7 Å². The molecule has 33 heavy (non-hydrogen) atoms. The molecule has 6 heteroatoms. The first-order valence-corrected chi connectivity index (χ1v) is 15.8. The summed E-state index contributed by atoms with van der Waals surface area (Å²) in [6.07, 6.45) is 8.62. The summed E-state index contributed by atoms with van der Waals surface area (Å²) in [5.41, 5.74) is 0.224. The van der Waals surface area contributed by atoms with Gasteiger partial charge in [-0.2, -0.15) is 0 Å². The minimum atomic E-state index is -2.07. The number of piperidine rings is 1. The number of carbonyl (C=O) groups excluding carboxylic acids is 1. The zero-order chi connectivity index (χ0) is 25.4. The van der Waals surface area contributed by atoms with Crippen molar-refractivity contribution >= 4 is 14.3 Å². The molecule has 0 radical (unpaired) electrons. The van der Waals surface area contributed by atoms with Crippen molar-refractivity contribution in [3.63, 3.8) is 0 Å². The molecule has 0 aromatic carbocycles. The van der Waals surface area contributed by atoms with E-state index in [9.17, 15) is 9.90 Å². The van der Waals surface area contributed by atoms with Gasteiger partial charge >= 0.3 is 5.97 Å². The number of aliphatic hydroxyl groups is 1. The van der Waals surface area contributed by atoms with E-state index in [1.807, 2.05) is 0 Å². The van der Waals surface area contributed by atoms with Crippen molar-refractivity contribution in [3.05, 3.63) is 12.2 Å². The lowest BCUT2D eigenvalue weighted by Crippen LogP contribution is -2.61. The Balaban J connectivity index is 2.40. The standard InChI is InChI=1S/C27H51NO4Si/c1-12-19(28-26(5,6)16-13-17-27(28,7)8)14-15-20-22(32-33(10,11)25(2,3)4)18-21(29)23(20)24(30)31-9/h14-15,19-23,29H,12-13,16-18H2,1-11H3/b15-14+/t19?,20-,21-,22+,23-/m0/s1. The molecule has 1 aliphatic heterocycles. The summed E-state index contributed by atoms with van der Waals surface area (Å²) in [7, 11) is -0.658. The Morgan fingerprint density at radius 1 is 1.18 bits per heavy atom. The molecular weight excluding hydrogens is 430 g/mol. The summed E-state index contributed by atoms with van der Waals surface area (Å²) in [6, 6.07) is 0.264. The second-order valence-electron chi connectivity index (χ2n) is 13.1. The molecule has 2 aliphatic rings. The number of esters is 1. The van der Waals surface area contributed by atoms with Gasteiger partial charge in [-0.15, -0.1) is 0 Å². The van der Waals surface area contributed by atoms with E-state index in [0.29, 0.717) is 6.42 Å². The molecule has 0 aromatic heterocycles. The summed E-state index contributed by atoms with van der Waals surface area (Å²) in [5, 5.41) is 10.9. The predicted octanol–water partition coefficient (Wildman–Crippen LogP) is 5.92. The lowest BCUT2D eigenvalue weighted by atomic mass is 9.78. The van der Waals surface area contributed by atoms with Crippen LogP contribution < -0.4 is 0 Å². The van der Waals surface area contributed by atoms with Gasteiger partial charge in [-0.05, 0) is 77.9 Å². The zero-order valence-electron chi connectivity index (χ0n) is 23.2. The molecule has 5 atom stereocenters. The number of hydrogen-bond donors (Lipinski definition) is 1. The first-order valence-electron chi connectivity index (χ1n) is 12.9. The SMILES string of the molecule is CCC(/C=C/[C@@H]1[C@H](C(=O)OC)[C@@H](O)C[C@H]1O[Si](C)(C)C(C)(C)C)N1C(C)(C)CCCC1(C)C. The molecule has 0 aromatic rings. The minimum Gasteiger partial charge on any atom is -0.469 e. The molecule has 2 rings (SSSR count). The Bertz CT molecular complexity index is 693. The first kappa shape index (κ1) is 28.5. The Kier molecular flexibility index (Phi) is 8.75. The number of rotatable bonds is 7. The van der Waals surface area contributed by atoms with Gasteiger partial charge in [0.1, 0.15) is 0 Å². The van der Waals surface area contributed by atoms with Gasteiger partial charge in [0.2, 0.25) is 0 Å². The van der Waals surface area contributed by atoms with Gasteiger partial charge in [0.05, 0.1) is 25.2 Å². The summed E-state index contributed by atoms with van der Waals surface area (Å²) in [5.74, 6) is -1.11. The number of carbonyl (C=O) groups is 1. The Hall–Kier alpha value is -0.693. The summed E-state index contributed by atoms with van der Waals surface area (Å²) < 4.78 is 11.9. The van der Waals surface area contributed by atoms with Crippen LogP contribution in [0.3, 0.4) is 0 Å². The molecule has 1 saturated heterocycles. The highest BCUT2D eigenvalue weighted by Gasteiger charge is 2.50. The first-order chi connectivity index (χ1) is 15.0. The molecule has 5 nitrogen and oxygen atoms in total. The van der Waals surface area contributed by atoms with Gasteiger partial charge in [0, 0.05) is 23.0 Å². The quantitative estimate of drug-likeness (QED) is 0.278. The maximum atomic E-state index is 12.7. The van der Waals surface area contributed by atoms with Crippen LogP contribution in [0.2, 0.25) is 18.1 Å². The van der Waals surface area contributed by atoms with E-state index >= 15 is 0 Å².